The van der Waals surface area contributed by atoms with Gasteiger partial charge in [0.25, 0.3) is 0 Å². The van der Waals surface area contributed by atoms with Crippen molar-refractivity contribution in [1.82, 2.24) is 4.57 Å². The lowest BCUT2D eigenvalue weighted by molar-refractivity contribution is 0.464. The fourth-order valence-electron chi connectivity index (χ4n) is 9.49. The molecule has 0 spiro atoms. The molecule has 3 aliphatic rings. The zero-order valence-corrected chi connectivity index (χ0v) is 29.2. The number of allylic oxidation sites excluding steroid dienone is 6. The molecule has 2 heterocycles. The van der Waals surface area contributed by atoms with Gasteiger partial charge in [-0.3, -0.25) is 0 Å². The number of phenols is 1. The summed E-state index contributed by atoms with van der Waals surface area (Å²) in [5, 5.41) is 16.7. The van der Waals surface area contributed by atoms with Gasteiger partial charge in [0.2, 0.25) is 0 Å². The van der Waals surface area contributed by atoms with Gasteiger partial charge in [0.05, 0.1) is 11.6 Å². The highest BCUT2D eigenvalue weighted by atomic mass is 16.3. The molecule has 3 unspecified atom stereocenters. The van der Waals surface area contributed by atoms with Gasteiger partial charge in [-0.25, -0.2) is 0 Å². The van der Waals surface area contributed by atoms with Crippen LogP contribution in [0.1, 0.15) is 60.2 Å². The van der Waals surface area contributed by atoms with E-state index in [9.17, 15) is 5.11 Å². The van der Waals surface area contributed by atoms with Crippen LogP contribution < -0.4 is 0 Å². The van der Waals surface area contributed by atoms with Crippen molar-refractivity contribution in [2.24, 2.45) is 5.92 Å². The highest BCUT2D eigenvalue weighted by Gasteiger charge is 2.44. The van der Waals surface area contributed by atoms with E-state index in [2.05, 4.69) is 165 Å². The van der Waals surface area contributed by atoms with Gasteiger partial charge in [-0.1, -0.05) is 134 Å². The summed E-state index contributed by atoms with van der Waals surface area (Å²) >= 11 is 0. The molecule has 0 amide bonds. The molecule has 1 aliphatic heterocycles. The Morgan fingerprint density at radius 2 is 1.49 bits per heavy atom. The Bertz CT molecular complexity index is 2720. The zero-order chi connectivity index (χ0) is 34.4. The average molecular weight is 658 g/mol. The number of aromatic hydroxyl groups is 1. The average Bonchev–Trinajstić information content (AvgIpc) is 3.63. The van der Waals surface area contributed by atoms with Gasteiger partial charge in [0.1, 0.15) is 5.75 Å². The molecule has 0 saturated heterocycles. The fraction of sp³-hybridized carbons (Fsp3) is 0.143. The molecule has 0 radical (unpaired) electrons. The molecular weight excluding hydrogens is 619 g/mol. The molecule has 1 aromatic heterocycles. The summed E-state index contributed by atoms with van der Waals surface area (Å²) in [5.41, 5.74) is 14.4. The second-order valence-corrected chi connectivity index (χ2v) is 14.9. The van der Waals surface area contributed by atoms with Crippen LogP contribution in [0.2, 0.25) is 0 Å². The van der Waals surface area contributed by atoms with Crippen molar-refractivity contribution in [2.75, 3.05) is 0 Å². The number of phenolic OH excluding ortho intramolecular Hbond substituents is 1. The minimum Gasteiger partial charge on any atom is -0.507 e. The van der Waals surface area contributed by atoms with E-state index < -0.39 is 0 Å². The molecule has 0 bridgehead atoms. The first-order valence-corrected chi connectivity index (χ1v) is 18.2. The van der Waals surface area contributed by atoms with E-state index in [1.807, 2.05) is 12.1 Å². The van der Waals surface area contributed by atoms with Crippen LogP contribution in [0.15, 0.2) is 146 Å². The number of hydrogen-bond acceptors (Lipinski definition) is 1. The highest BCUT2D eigenvalue weighted by Crippen LogP contribution is 2.54. The minimum atomic E-state index is -0.166. The van der Waals surface area contributed by atoms with Crippen LogP contribution in [0.5, 0.6) is 5.75 Å². The Kier molecular flexibility index (Phi) is 6.51. The Morgan fingerprint density at radius 1 is 0.765 bits per heavy atom. The first-order chi connectivity index (χ1) is 24.9. The summed E-state index contributed by atoms with van der Waals surface area (Å²) in [7, 11) is 0. The van der Waals surface area contributed by atoms with Crippen molar-refractivity contribution >= 4 is 49.8 Å². The molecule has 7 aromatic rings. The van der Waals surface area contributed by atoms with Gasteiger partial charge in [-0.2, -0.15) is 0 Å². The summed E-state index contributed by atoms with van der Waals surface area (Å²) in [6, 6.07) is 41.6. The van der Waals surface area contributed by atoms with Crippen LogP contribution in [0.3, 0.4) is 0 Å². The van der Waals surface area contributed by atoms with Gasteiger partial charge in [-0.05, 0) is 111 Å². The van der Waals surface area contributed by atoms with E-state index in [1.165, 1.54) is 71.5 Å². The summed E-state index contributed by atoms with van der Waals surface area (Å²) in [6.45, 7) is 6.97. The summed E-state index contributed by atoms with van der Waals surface area (Å²) in [5.74, 6) is 0.684. The van der Waals surface area contributed by atoms with E-state index in [1.54, 1.807) is 0 Å². The molecule has 246 valence electrons. The smallest absolute Gasteiger partial charge is 0.123 e. The van der Waals surface area contributed by atoms with E-state index >= 15 is 0 Å². The molecule has 10 rings (SSSR count). The molecule has 51 heavy (non-hydrogen) atoms. The second kappa shape index (κ2) is 11.1. The van der Waals surface area contributed by atoms with Gasteiger partial charge in [0, 0.05) is 27.3 Å². The van der Waals surface area contributed by atoms with Crippen molar-refractivity contribution < 1.29 is 5.11 Å². The normalized spacial score (nSPS) is 20.6. The SMILES string of the molecule is C/C(=C(\c1ccccc1O)c1c2c(c(-c3ccccc3)c3ccccc13)C=CC(C)C2)c1cc2c3c(c1)c1ccccc1n3C1C=CC=CC21C. The van der Waals surface area contributed by atoms with Crippen LogP contribution in [-0.4, -0.2) is 9.67 Å². The van der Waals surface area contributed by atoms with Gasteiger partial charge < -0.3 is 9.67 Å². The quantitative estimate of drug-likeness (QED) is 0.187. The van der Waals surface area contributed by atoms with Crippen molar-refractivity contribution in [3.63, 3.8) is 0 Å². The predicted octanol–water partition coefficient (Wildman–Crippen LogP) is 12.4. The summed E-state index contributed by atoms with van der Waals surface area (Å²) in [4.78, 5) is 0. The molecule has 6 aromatic carbocycles. The van der Waals surface area contributed by atoms with E-state index in [0.29, 0.717) is 11.7 Å². The zero-order valence-electron chi connectivity index (χ0n) is 29.2. The third-order valence-electron chi connectivity index (χ3n) is 11.9. The Balaban J connectivity index is 1.35. The lowest BCUT2D eigenvalue weighted by Gasteiger charge is -2.31. The minimum absolute atomic E-state index is 0.166. The van der Waals surface area contributed by atoms with Crippen molar-refractivity contribution in [2.45, 2.75) is 38.6 Å². The number of hydrogen-bond donors (Lipinski definition) is 1. The number of para-hydroxylation sites is 2. The highest BCUT2D eigenvalue weighted by molar-refractivity contribution is 6.16. The first kappa shape index (κ1) is 30.0. The van der Waals surface area contributed by atoms with Gasteiger partial charge in [0.15, 0.2) is 0 Å². The van der Waals surface area contributed by atoms with Crippen LogP contribution in [0.4, 0.5) is 0 Å². The lowest BCUT2D eigenvalue weighted by Crippen LogP contribution is -2.26. The van der Waals surface area contributed by atoms with Crippen LogP contribution in [0, 0.1) is 5.92 Å². The lowest BCUT2D eigenvalue weighted by atomic mass is 9.73. The molecule has 0 fully saturated rings. The van der Waals surface area contributed by atoms with Gasteiger partial charge >= 0.3 is 0 Å². The van der Waals surface area contributed by atoms with Crippen molar-refractivity contribution in [3.05, 3.63) is 179 Å². The van der Waals surface area contributed by atoms with E-state index in [4.69, 9.17) is 0 Å². The Labute approximate surface area is 299 Å². The number of rotatable bonds is 4. The number of fused-ring (bicyclic) bond motifs is 8. The molecular formula is C49H39NO. The number of nitrogens with zero attached hydrogens (tertiary/aromatic N) is 1. The summed E-state index contributed by atoms with van der Waals surface area (Å²) < 4.78 is 2.56. The van der Waals surface area contributed by atoms with Crippen LogP contribution >= 0.6 is 0 Å². The second-order valence-electron chi connectivity index (χ2n) is 14.9. The fourth-order valence-corrected chi connectivity index (χ4v) is 9.49. The topological polar surface area (TPSA) is 25.2 Å². The number of aromatic nitrogens is 1. The molecule has 2 aliphatic carbocycles. The maximum absolute atomic E-state index is 11.7. The van der Waals surface area contributed by atoms with E-state index in [0.717, 1.165) is 23.1 Å². The summed E-state index contributed by atoms with van der Waals surface area (Å²) in [6.07, 6.45) is 14.8. The van der Waals surface area contributed by atoms with Crippen LogP contribution in [-0.2, 0) is 11.8 Å². The molecule has 2 heteroatoms. The van der Waals surface area contributed by atoms with Crippen LogP contribution in [0.25, 0.3) is 60.9 Å². The van der Waals surface area contributed by atoms with Crippen molar-refractivity contribution in [1.29, 1.82) is 0 Å². The van der Waals surface area contributed by atoms with Crippen molar-refractivity contribution in [3.8, 4) is 16.9 Å². The Morgan fingerprint density at radius 3 is 2.31 bits per heavy atom. The monoisotopic (exact) mass is 657 g/mol. The van der Waals surface area contributed by atoms with Gasteiger partial charge in [-0.15, -0.1) is 0 Å². The maximum Gasteiger partial charge on any atom is 0.123 e. The molecule has 1 N–H and O–H groups in total. The molecule has 3 atom stereocenters. The third kappa shape index (κ3) is 4.23. The third-order valence-corrected chi connectivity index (χ3v) is 11.9. The molecule has 2 nitrogen and oxygen atoms in total. The largest absolute Gasteiger partial charge is 0.507 e. The Hall–Kier alpha value is -5.86. The first-order valence-electron chi connectivity index (χ1n) is 18.2. The predicted molar refractivity (Wildman–Crippen MR) is 215 cm³/mol. The molecule has 0 saturated carbocycles. The maximum atomic E-state index is 11.7. The van der Waals surface area contributed by atoms with E-state index in [-0.39, 0.29) is 11.5 Å². The number of benzene rings is 6. The standard InChI is InChI=1S/C49H39NO/c1-30-24-25-37-39(27-30)47(36-19-8-7-18-35(36)46(37)32-15-5-4-6-16-32)45(38-20-10-12-22-43(38)51)31(2)33-28-40-34-17-9-11-21-42(34)50-44-23-13-14-26-49(44,3)41(29-33)48(40)50/h4-26,28-30,44,51H,27H2,1-3H3/b45-31-.